The summed E-state index contributed by atoms with van der Waals surface area (Å²) in [5, 5.41) is 0.479. The smallest absolute Gasteiger partial charge is 0.189 e. The van der Waals surface area contributed by atoms with E-state index in [4.69, 9.17) is 25.5 Å². The van der Waals surface area contributed by atoms with E-state index in [2.05, 4.69) is 0 Å². The van der Waals surface area contributed by atoms with Gasteiger partial charge < -0.3 is 13.9 Å². The van der Waals surface area contributed by atoms with Crippen LogP contribution in [0.1, 0.15) is 33.9 Å². The number of ketones is 1. The number of carbonyl (C=O) groups excluding carboxylic acids is 1. The van der Waals surface area contributed by atoms with E-state index in [-0.39, 0.29) is 5.78 Å². The largest absolute Gasteiger partial charge is 0.489 e. The molecule has 0 spiro atoms. The number of hydrogen-bond acceptors (Lipinski definition) is 4. The minimum absolute atomic E-state index is 0.109. The first-order valence-electron chi connectivity index (χ1n) is 7.43. The number of halogens is 1. The lowest BCUT2D eigenvalue weighted by atomic mass is 10.1. The standard InChI is InChI=1S/C18H17ClO4/c1-11-8-14(12(2)23-11)16(20)5-4-13-9-15(19)18-17(10-13)21-6-3-7-22-18/h4-5,8-10H,3,6-7H2,1-2H3/b5-4+. The molecule has 0 N–H and O–H groups in total. The van der Waals surface area contributed by atoms with E-state index in [0.717, 1.165) is 17.7 Å². The zero-order valence-electron chi connectivity index (χ0n) is 13.0. The minimum atomic E-state index is -0.109. The number of fused-ring (bicyclic) bond motifs is 1. The third-order valence-electron chi connectivity index (χ3n) is 3.56. The van der Waals surface area contributed by atoms with Gasteiger partial charge in [0.15, 0.2) is 17.3 Å². The lowest BCUT2D eigenvalue weighted by molar-refractivity contribution is 0.104. The summed E-state index contributed by atoms with van der Waals surface area (Å²) in [6, 6.07) is 5.32. The van der Waals surface area contributed by atoms with Crippen molar-refractivity contribution in [2.24, 2.45) is 0 Å². The highest BCUT2D eigenvalue weighted by Crippen LogP contribution is 2.38. The first-order chi connectivity index (χ1) is 11.0. The molecule has 0 aliphatic carbocycles. The van der Waals surface area contributed by atoms with E-state index in [1.807, 2.05) is 13.0 Å². The number of furan rings is 1. The molecule has 120 valence electrons. The van der Waals surface area contributed by atoms with Crippen molar-refractivity contribution in [2.75, 3.05) is 13.2 Å². The summed E-state index contributed by atoms with van der Waals surface area (Å²) in [5.74, 6) is 2.40. The molecule has 0 amide bonds. The number of ether oxygens (including phenoxy) is 2. The van der Waals surface area contributed by atoms with E-state index < -0.39 is 0 Å². The average molecular weight is 333 g/mol. The molecule has 1 aliphatic heterocycles. The van der Waals surface area contributed by atoms with Crippen molar-refractivity contribution in [3.05, 3.63) is 51.9 Å². The Kier molecular flexibility index (Phi) is 4.44. The summed E-state index contributed by atoms with van der Waals surface area (Å²) in [6.45, 7) is 4.76. The van der Waals surface area contributed by atoms with Gasteiger partial charge in [-0.05, 0) is 43.7 Å². The highest BCUT2D eigenvalue weighted by atomic mass is 35.5. The predicted molar refractivity (Wildman–Crippen MR) is 88.6 cm³/mol. The van der Waals surface area contributed by atoms with Crippen LogP contribution < -0.4 is 9.47 Å². The third kappa shape index (κ3) is 3.42. The Morgan fingerprint density at radius 3 is 2.70 bits per heavy atom. The summed E-state index contributed by atoms with van der Waals surface area (Å²) in [6.07, 6.45) is 4.03. The second kappa shape index (κ2) is 6.50. The van der Waals surface area contributed by atoms with Crippen LogP contribution in [0.25, 0.3) is 6.08 Å². The minimum Gasteiger partial charge on any atom is -0.489 e. The Morgan fingerprint density at radius 2 is 1.96 bits per heavy atom. The van der Waals surface area contributed by atoms with Gasteiger partial charge in [-0.3, -0.25) is 4.79 Å². The lowest BCUT2D eigenvalue weighted by Gasteiger charge is -2.09. The lowest BCUT2D eigenvalue weighted by Crippen LogP contribution is -1.97. The van der Waals surface area contributed by atoms with Crippen LogP contribution in [0.3, 0.4) is 0 Å². The maximum atomic E-state index is 12.2. The van der Waals surface area contributed by atoms with Gasteiger partial charge in [-0.1, -0.05) is 17.7 Å². The van der Waals surface area contributed by atoms with E-state index in [1.54, 1.807) is 25.1 Å². The van der Waals surface area contributed by atoms with Gasteiger partial charge in [0.2, 0.25) is 0 Å². The molecule has 1 aliphatic rings. The molecular formula is C18H17ClO4. The monoisotopic (exact) mass is 332 g/mol. The van der Waals surface area contributed by atoms with Gasteiger partial charge in [0.05, 0.1) is 23.8 Å². The first kappa shape index (κ1) is 15.7. The molecule has 2 heterocycles. The molecule has 0 saturated carbocycles. The van der Waals surface area contributed by atoms with Crippen LogP contribution in [0.5, 0.6) is 11.5 Å². The van der Waals surface area contributed by atoms with Crippen molar-refractivity contribution >= 4 is 23.5 Å². The summed E-state index contributed by atoms with van der Waals surface area (Å²) < 4.78 is 16.6. The number of carbonyl (C=O) groups is 1. The molecule has 1 aromatic carbocycles. The average Bonchev–Trinajstić information content (AvgIpc) is 2.72. The summed E-state index contributed by atoms with van der Waals surface area (Å²) >= 11 is 6.24. The molecule has 23 heavy (non-hydrogen) atoms. The molecule has 0 bridgehead atoms. The Bertz CT molecular complexity index is 774. The zero-order valence-corrected chi connectivity index (χ0v) is 13.8. The summed E-state index contributed by atoms with van der Waals surface area (Å²) in [5.41, 5.74) is 1.35. The van der Waals surface area contributed by atoms with Gasteiger partial charge in [-0.25, -0.2) is 0 Å². The quantitative estimate of drug-likeness (QED) is 0.608. The van der Waals surface area contributed by atoms with Crippen molar-refractivity contribution in [1.82, 2.24) is 0 Å². The Labute approximate surface area is 139 Å². The second-order valence-electron chi connectivity index (χ2n) is 5.40. The fourth-order valence-electron chi connectivity index (χ4n) is 2.48. The molecule has 0 unspecified atom stereocenters. The molecular weight excluding hydrogens is 316 g/mol. The van der Waals surface area contributed by atoms with Crippen LogP contribution in [-0.4, -0.2) is 19.0 Å². The van der Waals surface area contributed by atoms with Crippen molar-refractivity contribution in [2.45, 2.75) is 20.3 Å². The molecule has 1 aromatic heterocycles. The third-order valence-corrected chi connectivity index (χ3v) is 3.84. The van der Waals surface area contributed by atoms with E-state index in [0.29, 0.717) is 41.1 Å². The van der Waals surface area contributed by atoms with Gasteiger partial charge in [-0.15, -0.1) is 0 Å². The van der Waals surface area contributed by atoms with Crippen molar-refractivity contribution in [1.29, 1.82) is 0 Å². The molecule has 5 heteroatoms. The Balaban J connectivity index is 1.85. The topological polar surface area (TPSA) is 48.7 Å². The molecule has 4 nitrogen and oxygen atoms in total. The normalized spacial score (nSPS) is 14.0. The molecule has 3 rings (SSSR count). The molecule has 0 radical (unpaired) electrons. The highest BCUT2D eigenvalue weighted by Gasteiger charge is 2.15. The number of allylic oxidation sites excluding steroid dienone is 1. The molecule has 0 atom stereocenters. The fraction of sp³-hybridized carbons (Fsp3) is 0.278. The second-order valence-corrected chi connectivity index (χ2v) is 5.81. The number of benzene rings is 1. The van der Waals surface area contributed by atoms with Crippen molar-refractivity contribution < 1.29 is 18.7 Å². The van der Waals surface area contributed by atoms with E-state index in [9.17, 15) is 4.79 Å². The Hall–Kier alpha value is -2.20. The van der Waals surface area contributed by atoms with Crippen molar-refractivity contribution in [3.8, 4) is 11.5 Å². The van der Waals surface area contributed by atoms with Gasteiger partial charge in [0, 0.05) is 6.42 Å². The summed E-state index contributed by atoms with van der Waals surface area (Å²) in [4.78, 5) is 12.2. The maximum absolute atomic E-state index is 12.2. The van der Waals surface area contributed by atoms with Gasteiger partial charge in [0.25, 0.3) is 0 Å². The first-order valence-corrected chi connectivity index (χ1v) is 7.81. The van der Waals surface area contributed by atoms with E-state index >= 15 is 0 Å². The number of aryl methyl sites for hydroxylation is 2. The Morgan fingerprint density at radius 1 is 1.17 bits per heavy atom. The maximum Gasteiger partial charge on any atom is 0.189 e. The zero-order chi connectivity index (χ0) is 16.4. The van der Waals surface area contributed by atoms with Gasteiger partial charge in [0.1, 0.15) is 11.5 Å². The predicted octanol–water partition coefficient (Wildman–Crippen LogP) is 4.61. The van der Waals surface area contributed by atoms with Gasteiger partial charge >= 0.3 is 0 Å². The molecule has 2 aromatic rings. The molecule has 0 fully saturated rings. The van der Waals surface area contributed by atoms with Crippen LogP contribution >= 0.6 is 11.6 Å². The number of rotatable bonds is 3. The van der Waals surface area contributed by atoms with Gasteiger partial charge in [-0.2, -0.15) is 0 Å². The van der Waals surface area contributed by atoms with Crippen LogP contribution in [-0.2, 0) is 0 Å². The van der Waals surface area contributed by atoms with Crippen LogP contribution in [0.4, 0.5) is 0 Å². The van der Waals surface area contributed by atoms with Crippen LogP contribution in [0.2, 0.25) is 5.02 Å². The number of hydrogen-bond donors (Lipinski definition) is 0. The van der Waals surface area contributed by atoms with Crippen LogP contribution in [0.15, 0.2) is 28.7 Å². The van der Waals surface area contributed by atoms with Crippen LogP contribution in [0, 0.1) is 13.8 Å². The van der Waals surface area contributed by atoms with Crippen molar-refractivity contribution in [3.63, 3.8) is 0 Å². The summed E-state index contributed by atoms with van der Waals surface area (Å²) in [7, 11) is 0. The highest BCUT2D eigenvalue weighted by molar-refractivity contribution is 6.32. The fourth-order valence-corrected chi connectivity index (χ4v) is 2.76. The molecule has 0 saturated heterocycles. The van der Waals surface area contributed by atoms with E-state index in [1.165, 1.54) is 6.08 Å². The SMILES string of the molecule is Cc1cc(C(=O)/C=C/c2cc(Cl)c3c(c2)OCCCO3)c(C)o1.